The fraction of sp³-hybridized carbons (Fsp3) is 0.304. The molecule has 1 fully saturated rings. The molecule has 0 spiro atoms. The Hall–Kier alpha value is -2.76. The van der Waals surface area contributed by atoms with Gasteiger partial charge in [-0.15, -0.1) is 0 Å². The minimum atomic E-state index is -0.406. The summed E-state index contributed by atoms with van der Waals surface area (Å²) in [6.07, 6.45) is 5.80. The van der Waals surface area contributed by atoms with Crippen LogP contribution in [0.4, 0.5) is 4.39 Å². The average molecular weight is 517 g/mol. The van der Waals surface area contributed by atoms with Crippen molar-refractivity contribution in [3.8, 4) is 5.69 Å². The molecule has 11 heteroatoms. The van der Waals surface area contributed by atoms with Gasteiger partial charge in [0.15, 0.2) is 14.8 Å². The van der Waals surface area contributed by atoms with Gasteiger partial charge >= 0.3 is 0 Å². The number of thiazole rings is 1. The number of halogens is 1. The van der Waals surface area contributed by atoms with E-state index in [1.807, 2.05) is 6.07 Å². The Kier molecular flexibility index (Phi) is 6.66. The van der Waals surface area contributed by atoms with Crippen molar-refractivity contribution in [3.05, 3.63) is 68.5 Å². The van der Waals surface area contributed by atoms with Crippen LogP contribution < -0.4 is 10.9 Å². The molecule has 34 heavy (non-hydrogen) atoms. The van der Waals surface area contributed by atoms with Gasteiger partial charge < -0.3 is 9.73 Å². The van der Waals surface area contributed by atoms with Crippen LogP contribution in [0, 0.1) is 9.77 Å². The van der Waals surface area contributed by atoms with E-state index >= 15 is 0 Å². The van der Waals surface area contributed by atoms with Gasteiger partial charge in [0.1, 0.15) is 16.3 Å². The molecule has 0 radical (unpaired) electrons. The maximum Gasteiger partial charge on any atom is 0.278 e. The Balaban J connectivity index is 1.55. The summed E-state index contributed by atoms with van der Waals surface area (Å²) < 4.78 is 23.1. The number of benzene rings is 1. The zero-order chi connectivity index (χ0) is 23.7. The smallest absolute Gasteiger partial charge is 0.278 e. The highest BCUT2D eigenvalue weighted by Crippen LogP contribution is 2.26. The molecule has 1 aliphatic rings. The first kappa shape index (κ1) is 23.0. The van der Waals surface area contributed by atoms with E-state index in [0.717, 1.165) is 25.7 Å². The van der Waals surface area contributed by atoms with Gasteiger partial charge in [-0.05, 0) is 61.5 Å². The summed E-state index contributed by atoms with van der Waals surface area (Å²) in [4.78, 5) is 30.9. The summed E-state index contributed by atoms with van der Waals surface area (Å²) in [5.74, 6) is 0.287. The minimum Gasteiger partial charge on any atom is -0.467 e. The fourth-order valence-electron chi connectivity index (χ4n) is 4.06. The molecular weight excluding hydrogens is 495 g/mol. The van der Waals surface area contributed by atoms with Crippen LogP contribution >= 0.6 is 35.3 Å². The fourth-order valence-corrected chi connectivity index (χ4v) is 6.13. The normalized spacial score (nSPS) is 14.1. The van der Waals surface area contributed by atoms with Gasteiger partial charge in [0.25, 0.3) is 5.56 Å². The van der Waals surface area contributed by atoms with Crippen molar-refractivity contribution < 1.29 is 13.6 Å². The molecular formula is C23H21FN4O3S3. The highest BCUT2D eigenvalue weighted by atomic mass is 32.2. The number of hydrogen-bond acceptors (Lipinski definition) is 7. The van der Waals surface area contributed by atoms with E-state index in [9.17, 15) is 14.0 Å². The van der Waals surface area contributed by atoms with Gasteiger partial charge in [0, 0.05) is 6.04 Å². The second-order valence-electron chi connectivity index (χ2n) is 8.04. The first-order valence-electron chi connectivity index (χ1n) is 10.9. The molecule has 3 aromatic heterocycles. The van der Waals surface area contributed by atoms with Crippen molar-refractivity contribution in [1.29, 1.82) is 0 Å². The molecule has 7 nitrogen and oxygen atoms in total. The number of fused-ring (bicyclic) bond motifs is 1. The summed E-state index contributed by atoms with van der Waals surface area (Å²) >= 11 is 7.87. The second-order valence-corrected chi connectivity index (χ2v) is 10.6. The van der Waals surface area contributed by atoms with E-state index in [-0.39, 0.29) is 23.3 Å². The van der Waals surface area contributed by atoms with Gasteiger partial charge in [0.05, 0.1) is 24.2 Å². The number of nitrogens with zero attached hydrogens (tertiary/aromatic N) is 3. The molecule has 0 unspecified atom stereocenters. The number of rotatable bonds is 7. The van der Waals surface area contributed by atoms with Crippen molar-refractivity contribution >= 4 is 51.6 Å². The molecule has 1 N–H and O–H groups in total. The maximum absolute atomic E-state index is 13.6. The zero-order valence-electron chi connectivity index (χ0n) is 18.0. The molecule has 5 rings (SSSR count). The lowest BCUT2D eigenvalue weighted by Crippen LogP contribution is -2.34. The van der Waals surface area contributed by atoms with Crippen LogP contribution in [0.3, 0.4) is 0 Å². The Morgan fingerprint density at radius 3 is 2.74 bits per heavy atom. The lowest BCUT2D eigenvalue weighted by Gasteiger charge is -2.14. The van der Waals surface area contributed by atoms with Gasteiger partial charge in [-0.25, -0.2) is 9.37 Å². The van der Waals surface area contributed by atoms with Crippen LogP contribution in [0.2, 0.25) is 0 Å². The van der Waals surface area contributed by atoms with Crippen molar-refractivity contribution in [1.82, 2.24) is 19.4 Å². The number of carbonyl (C=O) groups excluding carboxylic acids is 1. The molecule has 1 aromatic carbocycles. The monoisotopic (exact) mass is 516 g/mol. The Morgan fingerprint density at radius 1 is 1.26 bits per heavy atom. The number of hydrogen-bond donors (Lipinski definition) is 1. The van der Waals surface area contributed by atoms with Crippen molar-refractivity contribution in [2.45, 2.75) is 43.4 Å². The third-order valence-electron chi connectivity index (χ3n) is 5.69. The summed E-state index contributed by atoms with van der Waals surface area (Å²) in [5, 5.41) is 3.40. The number of carbonyl (C=O) groups is 1. The highest BCUT2D eigenvalue weighted by molar-refractivity contribution is 7.99. The van der Waals surface area contributed by atoms with Gasteiger partial charge in [-0.2, -0.15) is 0 Å². The zero-order valence-corrected chi connectivity index (χ0v) is 20.5. The van der Waals surface area contributed by atoms with Crippen LogP contribution in [0.15, 0.2) is 57.0 Å². The molecule has 3 heterocycles. The number of furan rings is 1. The molecule has 1 aliphatic carbocycles. The van der Waals surface area contributed by atoms with E-state index < -0.39 is 5.82 Å². The Bertz CT molecular complexity index is 1440. The van der Waals surface area contributed by atoms with Crippen LogP contribution in [-0.4, -0.2) is 31.8 Å². The minimum absolute atomic E-state index is 0.102. The topological polar surface area (TPSA) is 82.1 Å². The summed E-state index contributed by atoms with van der Waals surface area (Å²) in [6, 6.07) is 9.44. The first-order chi connectivity index (χ1) is 16.5. The highest BCUT2D eigenvalue weighted by Gasteiger charge is 2.21. The molecule has 0 atom stereocenters. The number of aromatic nitrogens is 3. The van der Waals surface area contributed by atoms with E-state index in [0.29, 0.717) is 37.5 Å². The van der Waals surface area contributed by atoms with E-state index in [4.69, 9.17) is 21.6 Å². The van der Waals surface area contributed by atoms with E-state index in [1.165, 1.54) is 51.9 Å². The average Bonchev–Trinajstić information content (AvgIpc) is 3.58. The number of thioether (sulfide) groups is 1. The van der Waals surface area contributed by atoms with Gasteiger partial charge in [-0.1, -0.05) is 35.9 Å². The Morgan fingerprint density at radius 2 is 2.03 bits per heavy atom. The van der Waals surface area contributed by atoms with Crippen LogP contribution in [0.1, 0.15) is 31.4 Å². The van der Waals surface area contributed by atoms with Gasteiger partial charge in [-0.3, -0.25) is 18.7 Å². The lowest BCUT2D eigenvalue weighted by atomic mass is 10.2. The standard InChI is InChI=1S/C23H21FN4O3S3/c24-14-7-9-16(10-8-14)28-21(30)19-20(27(23(32)34-19)12-17-6-3-11-31-17)26-22(28)33-13-18(29)25-15-4-1-2-5-15/h3,6-11,15H,1-2,4-5,12-13H2,(H,25,29). The number of nitrogens with one attached hydrogen (secondary N) is 1. The third-order valence-corrected chi connectivity index (χ3v) is 8.06. The summed E-state index contributed by atoms with van der Waals surface area (Å²) in [5.41, 5.74) is 0.592. The molecule has 0 aliphatic heterocycles. The second kappa shape index (κ2) is 9.85. The molecule has 4 aromatic rings. The Labute approximate surface area is 207 Å². The third kappa shape index (κ3) is 4.73. The van der Waals surface area contributed by atoms with Crippen molar-refractivity contribution in [2.75, 3.05) is 5.75 Å². The van der Waals surface area contributed by atoms with Crippen molar-refractivity contribution in [3.63, 3.8) is 0 Å². The number of amides is 1. The van der Waals surface area contributed by atoms with Crippen LogP contribution in [0.25, 0.3) is 16.0 Å². The van der Waals surface area contributed by atoms with E-state index in [2.05, 4.69) is 5.32 Å². The molecule has 176 valence electrons. The molecule has 0 saturated heterocycles. The van der Waals surface area contributed by atoms with Gasteiger partial charge in [0.2, 0.25) is 5.91 Å². The maximum atomic E-state index is 13.6. The molecule has 1 amide bonds. The quantitative estimate of drug-likeness (QED) is 0.214. The summed E-state index contributed by atoms with van der Waals surface area (Å²) in [6.45, 7) is 0.338. The predicted molar refractivity (Wildman–Crippen MR) is 133 cm³/mol. The predicted octanol–water partition coefficient (Wildman–Crippen LogP) is 4.91. The molecule has 0 bridgehead atoms. The van der Waals surface area contributed by atoms with Crippen molar-refractivity contribution in [2.24, 2.45) is 0 Å². The first-order valence-corrected chi connectivity index (χ1v) is 13.1. The summed E-state index contributed by atoms with van der Waals surface area (Å²) in [7, 11) is 0. The lowest BCUT2D eigenvalue weighted by molar-refractivity contribution is -0.119. The SMILES string of the molecule is O=C(CSc1nc2c(sc(=S)n2Cc2ccco2)c(=O)n1-c1ccc(F)cc1)NC1CCCC1. The van der Waals surface area contributed by atoms with Crippen LogP contribution in [0.5, 0.6) is 0 Å². The van der Waals surface area contributed by atoms with Crippen LogP contribution in [-0.2, 0) is 11.3 Å². The molecule has 1 saturated carbocycles. The largest absolute Gasteiger partial charge is 0.467 e. The van der Waals surface area contributed by atoms with E-state index in [1.54, 1.807) is 16.9 Å².